The van der Waals surface area contributed by atoms with Crippen LogP contribution in [0.5, 0.6) is 0 Å². The number of carbonyl (C=O) groups is 1. The summed E-state index contributed by atoms with van der Waals surface area (Å²) in [5, 5.41) is 3.08. The number of oxazole rings is 1. The molecule has 160 valence electrons. The predicted octanol–water partition coefficient (Wildman–Crippen LogP) is 5.48. The molecule has 1 amide bonds. The van der Waals surface area contributed by atoms with Gasteiger partial charge in [0.05, 0.1) is 6.20 Å². The molecule has 0 saturated heterocycles. The molecule has 0 saturated carbocycles. The number of nitrogens with zero attached hydrogens (tertiary/aromatic N) is 2. The number of carbonyl (C=O) groups excluding carboxylic acids is 1. The Morgan fingerprint density at radius 2 is 1.75 bits per heavy atom. The van der Waals surface area contributed by atoms with Gasteiger partial charge >= 0.3 is 0 Å². The molecule has 4 aromatic rings. The first-order valence-electron chi connectivity index (χ1n) is 11.0. The van der Waals surface area contributed by atoms with E-state index in [2.05, 4.69) is 45.5 Å². The molecule has 1 aliphatic heterocycles. The highest BCUT2D eigenvalue weighted by Crippen LogP contribution is 2.30. The Morgan fingerprint density at radius 1 is 0.969 bits per heavy atom. The average molecular weight is 424 g/mol. The number of anilines is 2. The number of aromatic nitrogens is 1. The van der Waals surface area contributed by atoms with E-state index in [4.69, 9.17) is 4.42 Å². The molecule has 5 heteroatoms. The Kier molecular flexibility index (Phi) is 5.71. The van der Waals surface area contributed by atoms with Gasteiger partial charge in [0, 0.05) is 42.9 Å². The smallest absolute Gasteiger partial charge is 0.224 e. The number of hydrogen-bond donors (Lipinski definition) is 1. The van der Waals surface area contributed by atoms with Crippen LogP contribution in [-0.4, -0.2) is 17.4 Å². The summed E-state index contributed by atoms with van der Waals surface area (Å²) in [7, 11) is 0. The van der Waals surface area contributed by atoms with Crippen molar-refractivity contribution in [2.24, 2.45) is 0 Å². The van der Waals surface area contributed by atoms with Gasteiger partial charge in [0.1, 0.15) is 0 Å². The first kappa shape index (κ1) is 20.1. The largest absolute Gasteiger partial charge is 0.441 e. The molecule has 0 fully saturated rings. The molecule has 0 aliphatic carbocycles. The zero-order valence-corrected chi connectivity index (χ0v) is 17.8. The summed E-state index contributed by atoms with van der Waals surface area (Å²) in [5.74, 6) is 1.25. The van der Waals surface area contributed by atoms with Crippen molar-refractivity contribution >= 4 is 17.3 Å². The molecule has 5 nitrogen and oxygen atoms in total. The fourth-order valence-corrected chi connectivity index (χ4v) is 4.15. The zero-order valence-electron chi connectivity index (χ0n) is 17.8. The van der Waals surface area contributed by atoms with Crippen molar-refractivity contribution < 1.29 is 9.21 Å². The molecule has 0 spiro atoms. The molecule has 2 heterocycles. The number of rotatable bonds is 7. The second kappa shape index (κ2) is 9.10. The van der Waals surface area contributed by atoms with Crippen LogP contribution in [0.2, 0.25) is 0 Å². The van der Waals surface area contributed by atoms with Crippen LogP contribution in [0.3, 0.4) is 0 Å². The molecular formula is C27H25N3O2. The van der Waals surface area contributed by atoms with Crippen molar-refractivity contribution in [2.75, 3.05) is 16.8 Å². The maximum absolute atomic E-state index is 12.7. The minimum absolute atomic E-state index is 0.0428. The van der Waals surface area contributed by atoms with Crippen LogP contribution >= 0.6 is 0 Å². The quantitative estimate of drug-likeness (QED) is 0.428. The van der Waals surface area contributed by atoms with Gasteiger partial charge < -0.3 is 14.6 Å². The van der Waals surface area contributed by atoms with Crippen LogP contribution in [0.4, 0.5) is 11.4 Å². The molecule has 0 atom stereocenters. The highest BCUT2D eigenvalue weighted by Gasteiger charge is 2.19. The van der Waals surface area contributed by atoms with Gasteiger partial charge in [-0.25, -0.2) is 4.98 Å². The van der Waals surface area contributed by atoms with Crippen LogP contribution in [0.1, 0.15) is 23.4 Å². The Hall–Kier alpha value is -3.86. The zero-order chi connectivity index (χ0) is 21.8. The van der Waals surface area contributed by atoms with Crippen LogP contribution in [-0.2, 0) is 24.2 Å². The highest BCUT2D eigenvalue weighted by atomic mass is 16.4. The normalized spacial score (nSPS) is 12.6. The predicted molar refractivity (Wildman–Crippen MR) is 127 cm³/mol. The first-order chi connectivity index (χ1) is 15.8. The van der Waals surface area contributed by atoms with E-state index in [-0.39, 0.29) is 5.91 Å². The lowest BCUT2D eigenvalue weighted by molar-refractivity contribution is -0.116. The van der Waals surface area contributed by atoms with Crippen LogP contribution in [0.15, 0.2) is 89.5 Å². The van der Waals surface area contributed by atoms with E-state index in [0.29, 0.717) is 18.7 Å². The summed E-state index contributed by atoms with van der Waals surface area (Å²) in [6, 6.07) is 26.4. The van der Waals surface area contributed by atoms with Crippen molar-refractivity contribution in [3.63, 3.8) is 0 Å². The van der Waals surface area contributed by atoms with E-state index in [1.165, 1.54) is 11.3 Å². The van der Waals surface area contributed by atoms with E-state index < -0.39 is 0 Å². The second-order valence-electron chi connectivity index (χ2n) is 7.99. The summed E-state index contributed by atoms with van der Waals surface area (Å²) >= 11 is 0. The van der Waals surface area contributed by atoms with E-state index in [1.54, 1.807) is 6.20 Å². The second-order valence-corrected chi connectivity index (χ2v) is 7.99. The minimum atomic E-state index is -0.0428. The van der Waals surface area contributed by atoms with Gasteiger partial charge in [0.25, 0.3) is 0 Å². The van der Waals surface area contributed by atoms with Gasteiger partial charge in [-0.15, -0.1) is 0 Å². The number of hydrogen-bond acceptors (Lipinski definition) is 4. The third-order valence-electron chi connectivity index (χ3n) is 5.81. The van der Waals surface area contributed by atoms with Crippen molar-refractivity contribution in [3.05, 3.63) is 102 Å². The molecule has 5 rings (SSSR count). The third-order valence-corrected chi connectivity index (χ3v) is 5.81. The molecule has 0 bridgehead atoms. The number of fused-ring (bicyclic) bond motifs is 1. The van der Waals surface area contributed by atoms with Crippen molar-refractivity contribution in [1.29, 1.82) is 0 Å². The molecule has 0 unspecified atom stereocenters. The van der Waals surface area contributed by atoms with Gasteiger partial charge in [-0.05, 0) is 29.7 Å². The van der Waals surface area contributed by atoms with Crippen LogP contribution in [0.25, 0.3) is 11.3 Å². The van der Waals surface area contributed by atoms with Crippen molar-refractivity contribution in [1.82, 2.24) is 4.98 Å². The lowest BCUT2D eigenvalue weighted by Gasteiger charge is -2.21. The monoisotopic (exact) mass is 423 g/mol. The van der Waals surface area contributed by atoms with Gasteiger partial charge in [-0.1, -0.05) is 66.7 Å². The Labute approximate surface area is 187 Å². The summed E-state index contributed by atoms with van der Waals surface area (Å²) in [6.45, 7) is 1.77. The number of amides is 1. The van der Waals surface area contributed by atoms with Gasteiger partial charge in [-0.2, -0.15) is 0 Å². The van der Waals surface area contributed by atoms with E-state index in [0.717, 1.165) is 42.1 Å². The lowest BCUT2D eigenvalue weighted by Crippen LogP contribution is -2.21. The molecule has 1 aromatic heterocycles. The number of para-hydroxylation sites is 2. The molecule has 3 aromatic carbocycles. The summed E-state index contributed by atoms with van der Waals surface area (Å²) in [6.07, 6.45) is 3.55. The summed E-state index contributed by atoms with van der Waals surface area (Å²) in [4.78, 5) is 19.4. The lowest BCUT2D eigenvalue weighted by atomic mass is 10.1. The Morgan fingerprint density at radius 3 is 2.66 bits per heavy atom. The third kappa shape index (κ3) is 4.42. The molecule has 1 N–H and O–H groups in total. The van der Waals surface area contributed by atoms with Gasteiger partial charge in [-0.3, -0.25) is 4.79 Å². The van der Waals surface area contributed by atoms with Crippen LogP contribution < -0.4 is 10.2 Å². The fourth-order valence-electron chi connectivity index (χ4n) is 4.15. The van der Waals surface area contributed by atoms with Crippen molar-refractivity contribution in [3.8, 4) is 11.3 Å². The summed E-state index contributed by atoms with van der Waals surface area (Å²) < 4.78 is 5.82. The summed E-state index contributed by atoms with van der Waals surface area (Å²) in [5.41, 5.74) is 5.62. The topological polar surface area (TPSA) is 58.4 Å². The number of aryl methyl sites for hydroxylation is 1. The maximum atomic E-state index is 12.7. The number of nitrogens with one attached hydrogen (secondary N) is 1. The Balaban J connectivity index is 1.21. The van der Waals surface area contributed by atoms with Crippen LogP contribution in [0, 0.1) is 0 Å². The van der Waals surface area contributed by atoms with E-state index in [9.17, 15) is 4.79 Å². The Bertz CT molecular complexity index is 1220. The first-order valence-corrected chi connectivity index (χ1v) is 11.0. The molecular weight excluding hydrogens is 398 g/mol. The average Bonchev–Trinajstić information content (AvgIpc) is 3.47. The highest BCUT2D eigenvalue weighted by molar-refractivity contribution is 5.91. The van der Waals surface area contributed by atoms with E-state index >= 15 is 0 Å². The van der Waals surface area contributed by atoms with Gasteiger partial charge in [0.2, 0.25) is 5.91 Å². The fraction of sp³-hybridized carbons (Fsp3) is 0.185. The molecule has 32 heavy (non-hydrogen) atoms. The molecule has 0 radical (unpaired) electrons. The standard InChI is InChI=1S/C27H25N3O2/c31-26(14-15-27-28-18-25(32-27)21-9-2-1-3-10-21)29-23-12-6-4-11-22(23)19-30-17-16-20-8-5-7-13-24(20)30/h1-13,18H,14-17,19H2,(H,29,31). The van der Waals surface area contributed by atoms with Gasteiger partial charge in [0.15, 0.2) is 11.7 Å². The number of benzene rings is 3. The molecule has 1 aliphatic rings. The van der Waals surface area contributed by atoms with E-state index in [1.807, 2.05) is 48.5 Å². The maximum Gasteiger partial charge on any atom is 0.224 e. The minimum Gasteiger partial charge on any atom is -0.441 e. The SMILES string of the molecule is O=C(CCc1ncc(-c2ccccc2)o1)Nc1ccccc1CN1CCc2ccccc21. The van der Waals surface area contributed by atoms with Crippen molar-refractivity contribution in [2.45, 2.75) is 25.8 Å².